The van der Waals surface area contributed by atoms with E-state index >= 15 is 0 Å². The Hall–Kier alpha value is -4.04. The van der Waals surface area contributed by atoms with Crippen LogP contribution in [0, 0.1) is 30.6 Å². The van der Waals surface area contributed by atoms with Crippen LogP contribution in [0.15, 0.2) is 68.8 Å². The predicted molar refractivity (Wildman–Crippen MR) is 132 cm³/mol. The fourth-order valence-electron chi connectivity index (χ4n) is 2.08. The molecule has 0 aliphatic heterocycles. The van der Waals surface area contributed by atoms with Crippen molar-refractivity contribution >= 4 is 45.6 Å². The number of hydrogen-bond acceptors (Lipinski definition) is 10. The molecule has 2 aromatic rings. The van der Waals surface area contributed by atoms with Gasteiger partial charge in [-0.05, 0) is 39.8 Å². The van der Waals surface area contributed by atoms with E-state index in [1.807, 2.05) is 0 Å². The normalized spacial score (nSPS) is 11.5. The Balaban J connectivity index is -0.000000539. The number of nitro groups is 2. The molecule has 0 spiro atoms. The molecule has 0 unspecified atom stereocenters. The third-order valence-electron chi connectivity index (χ3n) is 4.05. The summed E-state index contributed by atoms with van der Waals surface area (Å²) >= 11 is 0. The number of rotatable bonds is 6. The second kappa shape index (κ2) is 17.4. The molecule has 0 amide bonds. The maximum atomic E-state index is 10.7. The zero-order valence-corrected chi connectivity index (χ0v) is 20.3. The first-order chi connectivity index (χ1) is 15.1. The summed E-state index contributed by atoms with van der Waals surface area (Å²) in [5.74, 6) is 0. The van der Waals surface area contributed by atoms with Gasteiger partial charge in [0.1, 0.15) is 11.4 Å². The number of nitrogens with zero attached hydrogens (tertiary/aromatic N) is 6. The van der Waals surface area contributed by atoms with E-state index < -0.39 is 9.85 Å². The second-order valence-corrected chi connectivity index (χ2v) is 6.24. The van der Waals surface area contributed by atoms with Gasteiger partial charge in [-0.15, -0.1) is 0 Å². The molecule has 0 aliphatic rings. The zero-order chi connectivity index (χ0) is 24.3. The van der Waals surface area contributed by atoms with Gasteiger partial charge >= 0.3 is 17.1 Å². The molecule has 1 radical (unpaired) electrons. The van der Waals surface area contributed by atoms with Gasteiger partial charge < -0.3 is 31.7 Å². The van der Waals surface area contributed by atoms with E-state index in [-0.39, 0.29) is 62.2 Å². The molecule has 0 atom stereocenters. The molecule has 2 aromatic carbocycles. The first-order valence-electron chi connectivity index (χ1n) is 9.04. The summed E-state index contributed by atoms with van der Waals surface area (Å²) < 4.78 is 0. The number of para-hydroxylation sites is 4. The van der Waals surface area contributed by atoms with Crippen LogP contribution in [0.4, 0.5) is 22.7 Å². The van der Waals surface area contributed by atoms with E-state index in [1.54, 1.807) is 38.1 Å². The standard InChI is InChI=1S/2C10H11N3O3.Mn.2H2O/c2*1-7(8(2)12-14)11-9-5-3-4-6-10(9)13(15)16;;;/h2*3-6,14H,1-2H3;;2*1H2/q;;+2;;/p-2/b2*11-7?,12-8+;;;. The minimum atomic E-state index is -0.518. The van der Waals surface area contributed by atoms with Crippen LogP contribution in [0.3, 0.4) is 0 Å². The summed E-state index contributed by atoms with van der Waals surface area (Å²) in [5, 5.41) is 47.3. The van der Waals surface area contributed by atoms with Gasteiger partial charge in [-0.25, -0.2) is 9.98 Å². The monoisotopic (exact) mass is 531 g/mol. The molecule has 14 nitrogen and oxygen atoms in total. The molecule has 0 bridgehead atoms. The first kappa shape index (κ1) is 35.5. The Bertz CT molecular complexity index is 1030. The van der Waals surface area contributed by atoms with Crippen molar-refractivity contribution in [1.29, 1.82) is 0 Å². The van der Waals surface area contributed by atoms with Crippen molar-refractivity contribution in [2.75, 3.05) is 0 Å². The number of nitro benzene ring substituents is 2. The predicted octanol–water partition coefficient (Wildman–Crippen LogP) is 3.64. The Kier molecular flexibility index (Phi) is 17.7. The Morgan fingerprint density at radius 3 is 1.17 bits per heavy atom. The molecule has 0 heterocycles. The van der Waals surface area contributed by atoms with E-state index in [4.69, 9.17) is 0 Å². The van der Waals surface area contributed by atoms with Crippen molar-refractivity contribution in [1.82, 2.24) is 0 Å². The topological polar surface area (TPSA) is 245 Å². The largest absolute Gasteiger partial charge is 2.00 e. The van der Waals surface area contributed by atoms with Crippen molar-refractivity contribution in [2.24, 2.45) is 20.3 Å². The Labute approximate surface area is 210 Å². The fourth-order valence-corrected chi connectivity index (χ4v) is 2.08. The average Bonchev–Trinajstić information content (AvgIpc) is 2.78. The van der Waals surface area contributed by atoms with E-state index in [9.17, 15) is 30.6 Å². The van der Waals surface area contributed by atoms with Gasteiger partial charge in [-0.3, -0.25) is 20.2 Å². The molecule has 2 rings (SSSR count). The van der Waals surface area contributed by atoms with Gasteiger partial charge in [0.25, 0.3) is 11.4 Å². The van der Waals surface area contributed by atoms with E-state index in [0.29, 0.717) is 11.4 Å². The van der Waals surface area contributed by atoms with Crippen LogP contribution in [0.25, 0.3) is 0 Å². The summed E-state index contributed by atoms with van der Waals surface area (Å²) in [7, 11) is 0. The van der Waals surface area contributed by atoms with Gasteiger partial charge in [0.05, 0.1) is 21.3 Å². The minimum Gasteiger partial charge on any atom is -0.792 e. The van der Waals surface area contributed by atoms with Gasteiger partial charge in [0.15, 0.2) is 0 Å². The molecular weight excluding hydrogens is 507 g/mol. The SMILES string of the molecule is CC(=Nc1ccccc1[N+](=O)[O-])/C(C)=N/[O-].CC(=Nc1ccccc1[N+](=O)[O-])/C(C)=N/[O-].O.O.[Mn+2]. The van der Waals surface area contributed by atoms with Gasteiger partial charge in [0, 0.05) is 23.6 Å². The molecule has 4 N–H and O–H groups in total. The summed E-state index contributed by atoms with van der Waals surface area (Å²) in [5.41, 5.74) is 1.38. The maximum absolute atomic E-state index is 10.7. The van der Waals surface area contributed by atoms with Crippen molar-refractivity contribution in [3.8, 4) is 0 Å². The van der Waals surface area contributed by atoms with Crippen LogP contribution in [0.1, 0.15) is 27.7 Å². The first-order valence-corrected chi connectivity index (χ1v) is 9.04. The maximum Gasteiger partial charge on any atom is 2.00 e. The summed E-state index contributed by atoms with van der Waals surface area (Å²) in [4.78, 5) is 28.3. The van der Waals surface area contributed by atoms with E-state index in [0.717, 1.165) is 0 Å². The molecule has 35 heavy (non-hydrogen) atoms. The third-order valence-corrected chi connectivity index (χ3v) is 4.05. The van der Waals surface area contributed by atoms with E-state index in [1.165, 1.54) is 38.1 Å². The number of benzene rings is 2. The van der Waals surface area contributed by atoms with Gasteiger partial charge in [-0.2, -0.15) is 0 Å². The quantitative estimate of drug-likeness (QED) is 0.233. The molecule has 15 heteroatoms. The van der Waals surface area contributed by atoms with Crippen LogP contribution < -0.4 is 0 Å². The Morgan fingerprint density at radius 1 is 0.629 bits per heavy atom. The van der Waals surface area contributed by atoms with Crippen LogP contribution >= 0.6 is 0 Å². The van der Waals surface area contributed by atoms with Gasteiger partial charge in [0.2, 0.25) is 0 Å². The van der Waals surface area contributed by atoms with Crippen LogP contribution in [-0.2, 0) is 17.1 Å². The molecule has 0 aliphatic carbocycles. The smallest absolute Gasteiger partial charge is 0.792 e. The molecule has 189 valence electrons. The summed E-state index contributed by atoms with van der Waals surface area (Å²) in [6.45, 7) is 6.15. The third kappa shape index (κ3) is 11.1. The minimum absolute atomic E-state index is 0. The fraction of sp³-hybridized carbons (Fsp3) is 0.200. The molecule has 0 aromatic heterocycles. The molecule has 0 fully saturated rings. The number of hydrogen-bond donors (Lipinski definition) is 0. The van der Waals surface area contributed by atoms with Crippen molar-refractivity contribution < 1.29 is 37.9 Å². The molecular formula is C20H24MnN6O8. The zero-order valence-electron chi connectivity index (χ0n) is 19.1. The van der Waals surface area contributed by atoms with Crippen molar-refractivity contribution in [3.05, 3.63) is 79.2 Å². The Morgan fingerprint density at radius 2 is 0.914 bits per heavy atom. The van der Waals surface area contributed by atoms with Crippen molar-refractivity contribution in [2.45, 2.75) is 27.7 Å². The van der Waals surface area contributed by atoms with Crippen molar-refractivity contribution in [3.63, 3.8) is 0 Å². The van der Waals surface area contributed by atoms with Crippen LogP contribution in [0.5, 0.6) is 0 Å². The van der Waals surface area contributed by atoms with Crippen LogP contribution in [0.2, 0.25) is 0 Å². The average molecular weight is 531 g/mol. The summed E-state index contributed by atoms with van der Waals surface area (Å²) in [6, 6.07) is 12.1. The van der Waals surface area contributed by atoms with E-state index in [2.05, 4.69) is 20.3 Å². The summed E-state index contributed by atoms with van der Waals surface area (Å²) in [6.07, 6.45) is 0. The van der Waals surface area contributed by atoms with Gasteiger partial charge in [-0.1, -0.05) is 24.3 Å². The second-order valence-electron chi connectivity index (χ2n) is 6.24. The van der Waals surface area contributed by atoms with Crippen LogP contribution in [-0.4, -0.2) is 43.6 Å². The molecule has 0 saturated carbocycles. The molecule has 0 saturated heterocycles. The number of aliphatic imine (C=N–C) groups is 2.